The van der Waals surface area contributed by atoms with E-state index < -0.39 is 14.7 Å². The Kier molecular flexibility index (Phi) is 3.33. The van der Waals surface area contributed by atoms with Crippen LogP contribution in [-0.4, -0.2) is 26.9 Å². The van der Waals surface area contributed by atoms with Crippen LogP contribution in [0.5, 0.6) is 0 Å². The van der Waals surface area contributed by atoms with Crippen LogP contribution < -0.4 is 0 Å². The van der Waals surface area contributed by atoms with Gasteiger partial charge in [-0.15, -0.1) is 11.8 Å². The number of thioether (sulfide) groups is 1. The lowest BCUT2D eigenvalue weighted by Gasteiger charge is -2.24. The number of alkyl halides is 2. The smallest absolute Gasteiger partial charge is 0.326 e. The van der Waals surface area contributed by atoms with Crippen LogP contribution in [0.3, 0.4) is 0 Å². The summed E-state index contributed by atoms with van der Waals surface area (Å²) in [7, 11) is 0. The standard InChI is InChI=1S/C10H16Cl2O2S/c1-6-9(15-5,10(6,11)12)7(13)14-8(2,3)4/h6H,1-5H3/t6-,9-/m0/s1. The molecule has 0 aromatic heterocycles. The van der Waals surface area contributed by atoms with Crippen LogP contribution in [0.15, 0.2) is 0 Å². The Hall–Kier alpha value is 0.400. The second-order valence-electron chi connectivity index (χ2n) is 4.79. The van der Waals surface area contributed by atoms with Crippen molar-refractivity contribution in [3.8, 4) is 0 Å². The highest BCUT2D eigenvalue weighted by molar-refractivity contribution is 8.01. The molecule has 2 nitrogen and oxygen atoms in total. The third-order valence-electron chi connectivity index (χ3n) is 2.59. The van der Waals surface area contributed by atoms with E-state index in [1.165, 1.54) is 11.8 Å². The zero-order valence-corrected chi connectivity index (χ0v) is 11.9. The van der Waals surface area contributed by atoms with Gasteiger partial charge in [0.25, 0.3) is 0 Å². The zero-order chi connectivity index (χ0) is 12.1. The molecule has 0 N–H and O–H groups in total. The van der Waals surface area contributed by atoms with Gasteiger partial charge in [0.05, 0.1) is 0 Å². The molecule has 0 radical (unpaired) electrons. The van der Waals surface area contributed by atoms with Crippen molar-refractivity contribution in [1.82, 2.24) is 0 Å². The van der Waals surface area contributed by atoms with E-state index in [1.54, 1.807) is 0 Å². The van der Waals surface area contributed by atoms with Crippen molar-refractivity contribution in [1.29, 1.82) is 0 Å². The first kappa shape index (κ1) is 13.5. The van der Waals surface area contributed by atoms with Crippen molar-refractivity contribution in [3.05, 3.63) is 0 Å². The number of rotatable bonds is 2. The second kappa shape index (κ2) is 3.71. The molecule has 0 bridgehead atoms. The molecule has 1 fully saturated rings. The summed E-state index contributed by atoms with van der Waals surface area (Å²) in [6.45, 7) is 7.35. The molecule has 88 valence electrons. The van der Waals surface area contributed by atoms with Crippen molar-refractivity contribution < 1.29 is 9.53 Å². The summed E-state index contributed by atoms with van der Waals surface area (Å²) in [5.74, 6) is -0.404. The molecule has 0 aromatic carbocycles. The van der Waals surface area contributed by atoms with Crippen molar-refractivity contribution in [3.63, 3.8) is 0 Å². The van der Waals surface area contributed by atoms with Gasteiger partial charge in [-0.1, -0.05) is 30.1 Å². The first-order chi connectivity index (χ1) is 6.59. The van der Waals surface area contributed by atoms with Crippen LogP contribution in [0.4, 0.5) is 0 Å². The summed E-state index contributed by atoms with van der Waals surface area (Å²) in [5, 5.41) is 0. The molecule has 0 amide bonds. The third-order valence-corrected chi connectivity index (χ3v) is 5.55. The van der Waals surface area contributed by atoms with Gasteiger partial charge < -0.3 is 4.74 Å². The van der Waals surface area contributed by atoms with Crippen molar-refractivity contribution in [2.75, 3.05) is 6.26 Å². The number of hydrogen-bond acceptors (Lipinski definition) is 3. The van der Waals surface area contributed by atoms with Gasteiger partial charge in [0.2, 0.25) is 0 Å². The van der Waals surface area contributed by atoms with Gasteiger partial charge in [0.15, 0.2) is 4.75 Å². The fourth-order valence-electron chi connectivity index (χ4n) is 1.61. The zero-order valence-electron chi connectivity index (χ0n) is 9.56. The van der Waals surface area contributed by atoms with Crippen LogP contribution >= 0.6 is 35.0 Å². The lowest BCUT2D eigenvalue weighted by atomic mass is 10.2. The lowest BCUT2D eigenvalue weighted by molar-refractivity contribution is -0.155. The predicted octanol–water partition coefficient (Wildman–Crippen LogP) is 3.25. The topological polar surface area (TPSA) is 26.3 Å². The van der Waals surface area contributed by atoms with E-state index in [0.717, 1.165) is 0 Å². The van der Waals surface area contributed by atoms with E-state index in [9.17, 15) is 4.79 Å². The normalized spacial score (nSPS) is 33.7. The SMILES string of the molecule is CS[C@]1(C(=O)OC(C)(C)C)[C@H](C)C1(Cl)Cl. The maximum absolute atomic E-state index is 12.0. The highest BCUT2D eigenvalue weighted by Gasteiger charge is 2.79. The van der Waals surface area contributed by atoms with Gasteiger partial charge in [0, 0.05) is 5.92 Å². The maximum Gasteiger partial charge on any atom is 0.326 e. The lowest BCUT2D eigenvalue weighted by Crippen LogP contribution is -2.34. The molecule has 1 aliphatic carbocycles. The summed E-state index contributed by atoms with van der Waals surface area (Å²) in [6, 6.07) is 0. The fourth-order valence-corrected chi connectivity index (χ4v) is 4.03. The predicted molar refractivity (Wildman–Crippen MR) is 65.7 cm³/mol. The molecule has 0 saturated heterocycles. The van der Waals surface area contributed by atoms with E-state index >= 15 is 0 Å². The fraction of sp³-hybridized carbons (Fsp3) is 0.900. The number of carbonyl (C=O) groups is 1. The summed E-state index contributed by atoms with van der Waals surface area (Å²) < 4.78 is 3.53. The van der Waals surface area contributed by atoms with Crippen molar-refractivity contribution in [2.45, 2.75) is 42.4 Å². The van der Waals surface area contributed by atoms with E-state index in [2.05, 4.69) is 0 Å². The molecule has 0 aliphatic heterocycles. The Bertz CT molecular complexity index is 286. The highest BCUT2D eigenvalue weighted by Crippen LogP contribution is 2.69. The van der Waals surface area contributed by atoms with E-state index in [-0.39, 0.29) is 11.9 Å². The second-order valence-corrected chi connectivity index (χ2v) is 7.22. The van der Waals surface area contributed by atoms with Crippen LogP contribution in [0.1, 0.15) is 27.7 Å². The minimum absolute atomic E-state index is 0.0850. The molecule has 5 heteroatoms. The van der Waals surface area contributed by atoms with Gasteiger partial charge in [0.1, 0.15) is 9.93 Å². The Morgan fingerprint density at radius 3 is 2.00 bits per heavy atom. The Balaban J connectivity index is 2.84. The van der Waals surface area contributed by atoms with Crippen molar-refractivity contribution in [2.24, 2.45) is 5.92 Å². The van der Waals surface area contributed by atoms with E-state index in [0.29, 0.717) is 0 Å². The average Bonchev–Trinajstić information content (AvgIpc) is 2.44. The maximum atomic E-state index is 12.0. The number of carbonyl (C=O) groups excluding carboxylic acids is 1. The largest absolute Gasteiger partial charge is 0.459 e. The van der Waals surface area contributed by atoms with Crippen molar-refractivity contribution >= 4 is 40.9 Å². The molecule has 0 unspecified atom stereocenters. The number of ether oxygens (including phenoxy) is 1. The minimum atomic E-state index is -1.01. The first-order valence-electron chi connectivity index (χ1n) is 4.76. The van der Waals surface area contributed by atoms with E-state index in [4.69, 9.17) is 27.9 Å². The summed E-state index contributed by atoms with van der Waals surface area (Å²) >= 11 is 13.5. The van der Waals surface area contributed by atoms with Gasteiger partial charge in [-0.05, 0) is 27.0 Å². The molecule has 15 heavy (non-hydrogen) atoms. The Morgan fingerprint density at radius 1 is 1.40 bits per heavy atom. The Labute approximate surface area is 105 Å². The van der Waals surface area contributed by atoms with Crippen LogP contribution in [0, 0.1) is 5.92 Å². The molecule has 1 saturated carbocycles. The summed E-state index contributed by atoms with van der Waals surface area (Å²) in [6.07, 6.45) is 1.83. The molecule has 1 rings (SSSR count). The van der Waals surface area contributed by atoms with Gasteiger partial charge >= 0.3 is 5.97 Å². The summed E-state index contributed by atoms with van der Waals surface area (Å²) in [4.78, 5) is 12.0. The number of esters is 1. The van der Waals surface area contributed by atoms with Crippen LogP contribution in [-0.2, 0) is 9.53 Å². The Morgan fingerprint density at radius 2 is 1.80 bits per heavy atom. The summed E-state index contributed by atoms with van der Waals surface area (Å²) in [5.41, 5.74) is -0.508. The molecular weight excluding hydrogens is 255 g/mol. The third kappa shape index (κ3) is 1.98. The highest BCUT2D eigenvalue weighted by atomic mass is 35.5. The molecule has 2 atom stereocenters. The molecular formula is C10H16Cl2O2S. The van der Waals surface area contributed by atoms with Gasteiger partial charge in [-0.3, -0.25) is 4.79 Å². The molecule has 1 aliphatic rings. The monoisotopic (exact) mass is 270 g/mol. The van der Waals surface area contributed by atoms with Crippen LogP contribution in [0.25, 0.3) is 0 Å². The quantitative estimate of drug-likeness (QED) is 0.569. The van der Waals surface area contributed by atoms with Gasteiger partial charge in [-0.25, -0.2) is 0 Å². The molecule has 0 aromatic rings. The number of halogens is 2. The van der Waals surface area contributed by atoms with E-state index in [1.807, 2.05) is 34.0 Å². The molecule has 0 spiro atoms. The van der Waals surface area contributed by atoms with Crippen LogP contribution in [0.2, 0.25) is 0 Å². The first-order valence-corrected chi connectivity index (χ1v) is 6.74. The van der Waals surface area contributed by atoms with Gasteiger partial charge in [-0.2, -0.15) is 0 Å². The minimum Gasteiger partial charge on any atom is -0.459 e. The molecule has 0 heterocycles. The average molecular weight is 271 g/mol. The number of hydrogen-bond donors (Lipinski definition) is 0.